The highest BCUT2D eigenvalue weighted by atomic mass is 15.0. The normalized spacial score (nSPS) is 11.3. The lowest BCUT2D eigenvalue weighted by atomic mass is 10.1. The van der Waals surface area contributed by atoms with Crippen molar-refractivity contribution in [1.29, 1.82) is 0 Å². The van der Waals surface area contributed by atoms with Crippen LogP contribution >= 0.6 is 0 Å². The summed E-state index contributed by atoms with van der Waals surface area (Å²) in [6, 6.07) is 9.14. The maximum absolute atomic E-state index is 3.82. The number of hydrogen-bond donors (Lipinski definition) is 1. The molecule has 1 N–H and O–H groups in total. The number of allylic oxidation sites excluding steroid dienone is 1. The Morgan fingerprint density at radius 1 is 1.33 bits per heavy atom. The summed E-state index contributed by atoms with van der Waals surface area (Å²) in [4.78, 5) is 0. The molecule has 2 aromatic rings. The van der Waals surface area contributed by atoms with E-state index in [1.807, 2.05) is 6.08 Å². The van der Waals surface area contributed by atoms with Crippen molar-refractivity contribution in [1.82, 2.24) is 9.88 Å². The molecule has 0 unspecified atom stereocenters. The van der Waals surface area contributed by atoms with Crippen molar-refractivity contribution < 1.29 is 0 Å². The lowest BCUT2D eigenvalue weighted by Gasteiger charge is -2.06. The second-order valence-electron chi connectivity index (χ2n) is 4.97. The highest BCUT2D eigenvalue weighted by Crippen LogP contribution is 2.21. The summed E-state index contributed by atoms with van der Waals surface area (Å²) in [5.74, 6) is 0. The molecular weight excluding hydrogens is 220 g/mol. The van der Waals surface area contributed by atoms with Crippen LogP contribution in [0.5, 0.6) is 0 Å². The minimum atomic E-state index is 0.548. The molecule has 1 aromatic carbocycles. The van der Waals surface area contributed by atoms with E-state index in [0.29, 0.717) is 6.04 Å². The van der Waals surface area contributed by atoms with Gasteiger partial charge in [0.2, 0.25) is 0 Å². The van der Waals surface area contributed by atoms with Gasteiger partial charge in [-0.05, 0) is 24.6 Å². The summed E-state index contributed by atoms with van der Waals surface area (Å²) >= 11 is 0. The molecule has 0 bridgehead atoms. The molecule has 0 aliphatic rings. The van der Waals surface area contributed by atoms with E-state index >= 15 is 0 Å². The molecule has 2 nitrogen and oxygen atoms in total. The van der Waals surface area contributed by atoms with E-state index in [4.69, 9.17) is 0 Å². The molecule has 96 valence electrons. The van der Waals surface area contributed by atoms with E-state index in [2.05, 4.69) is 60.8 Å². The maximum atomic E-state index is 3.82. The zero-order chi connectivity index (χ0) is 13.0. The second kappa shape index (κ2) is 5.87. The molecule has 0 saturated carbocycles. The quantitative estimate of drug-likeness (QED) is 0.769. The second-order valence-corrected chi connectivity index (χ2v) is 4.97. The van der Waals surface area contributed by atoms with Gasteiger partial charge in [-0.1, -0.05) is 38.1 Å². The van der Waals surface area contributed by atoms with Gasteiger partial charge in [0.1, 0.15) is 0 Å². The Hall–Kier alpha value is -1.54. The first-order chi connectivity index (χ1) is 8.72. The van der Waals surface area contributed by atoms with Gasteiger partial charge in [-0.2, -0.15) is 0 Å². The molecule has 0 saturated heterocycles. The number of rotatable bonds is 6. The molecule has 0 spiro atoms. The zero-order valence-corrected chi connectivity index (χ0v) is 11.3. The molecule has 2 heteroatoms. The predicted octanol–water partition coefficient (Wildman–Crippen LogP) is 3.37. The largest absolute Gasteiger partial charge is 0.343 e. The fourth-order valence-corrected chi connectivity index (χ4v) is 2.31. The van der Waals surface area contributed by atoms with Crippen LogP contribution in [0.2, 0.25) is 0 Å². The number of aromatic nitrogens is 1. The minimum absolute atomic E-state index is 0.548. The third kappa shape index (κ3) is 2.82. The lowest BCUT2D eigenvalue weighted by molar-refractivity contribution is 0.590. The van der Waals surface area contributed by atoms with Gasteiger partial charge >= 0.3 is 0 Å². The summed E-state index contributed by atoms with van der Waals surface area (Å²) in [5, 5.41) is 4.84. The molecule has 0 fully saturated rings. The number of nitrogens with one attached hydrogen (secondary N) is 1. The van der Waals surface area contributed by atoms with E-state index < -0.39 is 0 Å². The standard InChI is InChI=1S/C16H22N2/c1-4-11-18-12-14(9-10-17-13(2)3)15-7-5-6-8-16(15)18/h4-8,12-13,17H,1,9-11H2,2-3H3. The number of benzene rings is 1. The molecule has 2 rings (SSSR count). The van der Waals surface area contributed by atoms with Crippen molar-refractivity contribution in [2.45, 2.75) is 32.9 Å². The molecule has 0 aliphatic heterocycles. The van der Waals surface area contributed by atoms with Gasteiger partial charge in [-0.3, -0.25) is 0 Å². The van der Waals surface area contributed by atoms with Crippen molar-refractivity contribution in [3.63, 3.8) is 0 Å². The SMILES string of the molecule is C=CCn1cc(CCNC(C)C)c2ccccc21. The van der Waals surface area contributed by atoms with E-state index in [0.717, 1.165) is 19.5 Å². The van der Waals surface area contributed by atoms with Gasteiger partial charge in [-0.15, -0.1) is 6.58 Å². The molecular formula is C16H22N2. The number of nitrogens with zero attached hydrogens (tertiary/aromatic N) is 1. The van der Waals surface area contributed by atoms with Crippen LogP contribution in [0.15, 0.2) is 43.1 Å². The average molecular weight is 242 g/mol. The summed E-state index contributed by atoms with van der Waals surface area (Å²) in [6.07, 6.45) is 5.28. The predicted molar refractivity (Wildman–Crippen MR) is 79.0 cm³/mol. The molecule has 0 radical (unpaired) electrons. The molecule has 18 heavy (non-hydrogen) atoms. The maximum Gasteiger partial charge on any atom is 0.0486 e. The van der Waals surface area contributed by atoms with Crippen LogP contribution in [0.3, 0.4) is 0 Å². The van der Waals surface area contributed by atoms with Crippen LogP contribution in [-0.4, -0.2) is 17.2 Å². The monoisotopic (exact) mass is 242 g/mol. The van der Waals surface area contributed by atoms with Gasteiger partial charge in [0.05, 0.1) is 0 Å². The van der Waals surface area contributed by atoms with Gasteiger partial charge in [-0.25, -0.2) is 0 Å². The summed E-state index contributed by atoms with van der Waals surface area (Å²) in [7, 11) is 0. The Balaban J connectivity index is 2.24. The van der Waals surface area contributed by atoms with Crippen molar-refractivity contribution in [3.05, 3.63) is 48.7 Å². The Labute approximate surface area is 109 Å². The lowest BCUT2D eigenvalue weighted by Crippen LogP contribution is -2.24. The van der Waals surface area contributed by atoms with Crippen molar-refractivity contribution in [2.75, 3.05) is 6.54 Å². The minimum Gasteiger partial charge on any atom is -0.343 e. The molecule has 1 heterocycles. The Kier molecular flexibility index (Phi) is 4.21. The average Bonchev–Trinajstić information content (AvgIpc) is 2.69. The first-order valence-corrected chi connectivity index (χ1v) is 6.63. The fraction of sp³-hybridized carbons (Fsp3) is 0.375. The summed E-state index contributed by atoms with van der Waals surface area (Å²) in [5.41, 5.74) is 2.72. The van der Waals surface area contributed by atoms with Crippen LogP contribution in [-0.2, 0) is 13.0 Å². The molecule has 0 amide bonds. The number of hydrogen-bond acceptors (Lipinski definition) is 1. The zero-order valence-electron chi connectivity index (χ0n) is 11.3. The van der Waals surface area contributed by atoms with Gasteiger partial charge in [0.15, 0.2) is 0 Å². The first-order valence-electron chi connectivity index (χ1n) is 6.63. The van der Waals surface area contributed by atoms with E-state index in [9.17, 15) is 0 Å². The topological polar surface area (TPSA) is 17.0 Å². The Bertz CT molecular complexity index is 523. The highest BCUT2D eigenvalue weighted by Gasteiger charge is 2.06. The third-order valence-corrected chi connectivity index (χ3v) is 3.14. The van der Waals surface area contributed by atoms with Crippen molar-refractivity contribution in [2.24, 2.45) is 0 Å². The van der Waals surface area contributed by atoms with Crippen molar-refractivity contribution in [3.8, 4) is 0 Å². The van der Waals surface area contributed by atoms with Gasteiger partial charge < -0.3 is 9.88 Å². The van der Waals surface area contributed by atoms with Gasteiger partial charge in [0, 0.05) is 29.7 Å². The molecule has 0 atom stereocenters. The van der Waals surface area contributed by atoms with Gasteiger partial charge in [0.25, 0.3) is 0 Å². The summed E-state index contributed by atoms with van der Waals surface area (Å²) in [6.45, 7) is 10.1. The molecule has 1 aromatic heterocycles. The number of para-hydroxylation sites is 1. The van der Waals surface area contributed by atoms with Crippen LogP contribution in [0, 0.1) is 0 Å². The third-order valence-electron chi connectivity index (χ3n) is 3.14. The number of fused-ring (bicyclic) bond motifs is 1. The fourth-order valence-electron chi connectivity index (χ4n) is 2.31. The van der Waals surface area contributed by atoms with Crippen molar-refractivity contribution >= 4 is 10.9 Å². The highest BCUT2D eigenvalue weighted by molar-refractivity contribution is 5.84. The molecule has 0 aliphatic carbocycles. The van der Waals surface area contributed by atoms with E-state index in [1.165, 1.54) is 16.5 Å². The Morgan fingerprint density at radius 3 is 2.83 bits per heavy atom. The van der Waals surface area contributed by atoms with E-state index in [-0.39, 0.29) is 0 Å². The van der Waals surface area contributed by atoms with E-state index in [1.54, 1.807) is 0 Å². The summed E-state index contributed by atoms with van der Waals surface area (Å²) < 4.78 is 2.27. The van der Waals surface area contributed by atoms with Crippen LogP contribution < -0.4 is 5.32 Å². The first kappa shape index (κ1) is 12.9. The Morgan fingerprint density at radius 2 is 2.11 bits per heavy atom. The van der Waals surface area contributed by atoms with Crippen LogP contribution in [0.4, 0.5) is 0 Å². The van der Waals surface area contributed by atoms with Crippen LogP contribution in [0.25, 0.3) is 10.9 Å². The smallest absolute Gasteiger partial charge is 0.0486 e. The van der Waals surface area contributed by atoms with Crippen LogP contribution in [0.1, 0.15) is 19.4 Å².